The van der Waals surface area contributed by atoms with Gasteiger partial charge in [-0.25, -0.2) is 9.97 Å². The van der Waals surface area contributed by atoms with Crippen molar-refractivity contribution in [2.75, 3.05) is 5.73 Å². The molecule has 0 aromatic carbocycles. The molecule has 3 heterocycles. The van der Waals surface area contributed by atoms with Crippen molar-refractivity contribution in [2.45, 2.75) is 26.8 Å². The molecule has 0 aliphatic heterocycles. The van der Waals surface area contributed by atoms with E-state index in [1.807, 2.05) is 13.1 Å². The van der Waals surface area contributed by atoms with Gasteiger partial charge in [0.15, 0.2) is 18.4 Å². The van der Waals surface area contributed by atoms with Gasteiger partial charge >= 0.3 is 0 Å². The van der Waals surface area contributed by atoms with Gasteiger partial charge < -0.3 is 18.1 Å². The van der Waals surface area contributed by atoms with Crippen LogP contribution in [-0.2, 0) is 13.0 Å². The molecule has 7 heteroatoms. The number of aryl methyl sites for hydroxylation is 2. The second-order valence-electron chi connectivity index (χ2n) is 4.78. The summed E-state index contributed by atoms with van der Waals surface area (Å²) in [5.41, 5.74) is 8.23. The average molecular weight is 357 g/mol. The minimum atomic E-state index is 0. The number of halogens is 2. The summed E-state index contributed by atoms with van der Waals surface area (Å²) >= 11 is 1.76. The molecule has 0 spiro atoms. The number of aromatic nitrogens is 3. The highest BCUT2D eigenvalue weighted by molar-refractivity contribution is 7.17. The maximum absolute atomic E-state index is 6.03. The van der Waals surface area contributed by atoms with Gasteiger partial charge in [-0.2, -0.15) is 4.57 Å². The van der Waals surface area contributed by atoms with Gasteiger partial charge in [-0.15, -0.1) is 23.7 Å². The standard InChI is InChI=1S/C15H17N4S.2ClH/c1-3-14-17-8-11(15(16)18-14)9-19-6-4-13-12(10(19)2)5-7-20-13;;/h4-8H,3,9H2,1-2H3,(H2,16,17,18);2*1H/q+1;;/p-1. The Kier molecular flexibility index (Phi) is 6.53. The molecule has 3 rings (SSSR count). The highest BCUT2D eigenvalue weighted by atomic mass is 35.5. The fourth-order valence-electron chi connectivity index (χ4n) is 2.28. The fraction of sp³-hybridized carbons (Fsp3) is 0.267. The van der Waals surface area contributed by atoms with Crippen LogP contribution in [-0.4, -0.2) is 9.97 Å². The van der Waals surface area contributed by atoms with Gasteiger partial charge in [-0.3, -0.25) is 0 Å². The van der Waals surface area contributed by atoms with Crippen LogP contribution in [0.3, 0.4) is 0 Å². The number of nitrogens with two attached hydrogens (primary N) is 1. The van der Waals surface area contributed by atoms with E-state index in [4.69, 9.17) is 5.73 Å². The quantitative estimate of drug-likeness (QED) is 0.667. The van der Waals surface area contributed by atoms with E-state index < -0.39 is 0 Å². The zero-order valence-corrected chi connectivity index (χ0v) is 14.8. The number of nitrogens with zero attached hydrogens (tertiary/aromatic N) is 3. The van der Waals surface area contributed by atoms with Crippen molar-refractivity contribution in [3.63, 3.8) is 0 Å². The predicted molar refractivity (Wildman–Crippen MR) is 88.9 cm³/mol. The third-order valence-electron chi connectivity index (χ3n) is 3.53. The van der Waals surface area contributed by atoms with E-state index >= 15 is 0 Å². The van der Waals surface area contributed by atoms with Gasteiger partial charge in [-0.05, 0) is 11.4 Å². The summed E-state index contributed by atoms with van der Waals surface area (Å²) in [6, 6.07) is 4.30. The number of hydrogen-bond acceptors (Lipinski definition) is 4. The van der Waals surface area contributed by atoms with Crippen LogP contribution in [0.4, 0.5) is 5.82 Å². The first-order valence-electron chi connectivity index (χ1n) is 6.65. The Hall–Kier alpha value is -1.43. The lowest BCUT2D eigenvalue weighted by atomic mass is 10.2. The maximum atomic E-state index is 6.03. The van der Waals surface area contributed by atoms with Crippen LogP contribution in [0.2, 0.25) is 0 Å². The third kappa shape index (κ3) is 3.48. The molecule has 2 N–H and O–H groups in total. The first-order chi connectivity index (χ1) is 9.69. The lowest BCUT2D eigenvalue weighted by molar-refractivity contribution is -0.692. The maximum Gasteiger partial charge on any atom is 0.187 e. The summed E-state index contributed by atoms with van der Waals surface area (Å²) < 4.78 is 3.50. The zero-order chi connectivity index (χ0) is 14.1. The molecule has 0 saturated carbocycles. The predicted octanol–water partition coefficient (Wildman–Crippen LogP) is -0.0941. The summed E-state index contributed by atoms with van der Waals surface area (Å²) in [5.74, 6) is 1.37. The molecule has 0 aliphatic carbocycles. The van der Waals surface area contributed by atoms with Crippen LogP contribution >= 0.6 is 23.7 Å². The topological polar surface area (TPSA) is 55.7 Å². The lowest BCUT2D eigenvalue weighted by Gasteiger charge is -2.05. The Morgan fingerprint density at radius 1 is 1.32 bits per heavy atom. The van der Waals surface area contributed by atoms with Crippen molar-refractivity contribution in [1.29, 1.82) is 0 Å². The molecule has 4 nitrogen and oxygen atoms in total. The molecule has 0 radical (unpaired) electrons. The van der Waals surface area contributed by atoms with Crippen LogP contribution in [0.25, 0.3) is 10.1 Å². The molecule has 0 atom stereocenters. The molecule has 3 aromatic heterocycles. The summed E-state index contributed by atoms with van der Waals surface area (Å²) in [6.45, 7) is 4.86. The van der Waals surface area contributed by atoms with Crippen LogP contribution in [0, 0.1) is 6.92 Å². The molecule has 0 fully saturated rings. The van der Waals surface area contributed by atoms with E-state index in [9.17, 15) is 0 Å². The summed E-state index contributed by atoms with van der Waals surface area (Å²) in [5, 5.41) is 3.41. The first kappa shape index (κ1) is 18.6. The molecule has 0 aliphatic rings. The summed E-state index contributed by atoms with van der Waals surface area (Å²) in [7, 11) is 0. The Morgan fingerprint density at radius 3 is 2.77 bits per heavy atom. The number of rotatable bonds is 3. The number of fused-ring (bicyclic) bond motifs is 1. The smallest absolute Gasteiger partial charge is 0.187 e. The number of thiophene rings is 1. The van der Waals surface area contributed by atoms with Crippen LogP contribution in [0.1, 0.15) is 24.0 Å². The lowest BCUT2D eigenvalue weighted by Crippen LogP contribution is -3.00. The second kappa shape index (κ2) is 7.72. The van der Waals surface area contributed by atoms with Gasteiger partial charge in [0.2, 0.25) is 0 Å². The molecular weight excluding hydrogens is 339 g/mol. The van der Waals surface area contributed by atoms with E-state index in [0.717, 1.165) is 17.8 Å². The zero-order valence-electron chi connectivity index (χ0n) is 12.4. The fourth-order valence-corrected chi connectivity index (χ4v) is 3.11. The van der Waals surface area contributed by atoms with E-state index in [1.165, 1.54) is 15.8 Å². The number of anilines is 1. The van der Waals surface area contributed by atoms with E-state index in [1.54, 1.807) is 11.3 Å². The van der Waals surface area contributed by atoms with Gasteiger partial charge in [0.25, 0.3) is 0 Å². The molecule has 118 valence electrons. The van der Waals surface area contributed by atoms with Crippen molar-refractivity contribution in [1.82, 2.24) is 9.97 Å². The second-order valence-corrected chi connectivity index (χ2v) is 5.73. The third-order valence-corrected chi connectivity index (χ3v) is 4.41. The van der Waals surface area contributed by atoms with Crippen LogP contribution < -0.4 is 22.7 Å². The first-order valence-corrected chi connectivity index (χ1v) is 7.53. The van der Waals surface area contributed by atoms with Crippen LogP contribution in [0.5, 0.6) is 0 Å². The SMILES string of the molecule is CCc1ncc(C[n+]2ccc3sccc3c2C)c(N)n1.Cl.[Cl-]. The van der Waals surface area contributed by atoms with Crippen molar-refractivity contribution in [2.24, 2.45) is 0 Å². The molecule has 0 amide bonds. The van der Waals surface area contributed by atoms with Crippen LogP contribution in [0.15, 0.2) is 29.9 Å². The van der Waals surface area contributed by atoms with Crippen molar-refractivity contribution >= 4 is 39.6 Å². The van der Waals surface area contributed by atoms with Gasteiger partial charge in [0.05, 0.1) is 10.9 Å². The molecular formula is C15H18Cl2N4S. The minimum Gasteiger partial charge on any atom is -1.00 e. The van der Waals surface area contributed by atoms with Crippen molar-refractivity contribution < 1.29 is 17.0 Å². The van der Waals surface area contributed by atoms with Crippen molar-refractivity contribution in [3.8, 4) is 0 Å². The summed E-state index contributed by atoms with van der Waals surface area (Å²) in [6.07, 6.45) is 4.74. The van der Waals surface area contributed by atoms with E-state index in [0.29, 0.717) is 12.4 Å². The molecule has 0 bridgehead atoms. The minimum absolute atomic E-state index is 0. The molecule has 0 unspecified atom stereocenters. The number of hydrogen-bond donors (Lipinski definition) is 1. The van der Waals surface area contributed by atoms with Gasteiger partial charge in [0, 0.05) is 30.3 Å². The van der Waals surface area contributed by atoms with Gasteiger partial charge in [-0.1, -0.05) is 6.92 Å². The highest BCUT2D eigenvalue weighted by Gasteiger charge is 2.14. The average Bonchev–Trinajstić information content (AvgIpc) is 2.93. The Bertz CT molecular complexity index is 773. The number of nitrogen functional groups attached to an aromatic ring is 1. The Labute approximate surface area is 146 Å². The largest absolute Gasteiger partial charge is 1.00 e. The summed E-state index contributed by atoms with van der Waals surface area (Å²) in [4.78, 5) is 8.66. The highest BCUT2D eigenvalue weighted by Crippen LogP contribution is 2.21. The molecule has 22 heavy (non-hydrogen) atoms. The van der Waals surface area contributed by atoms with Gasteiger partial charge in [0.1, 0.15) is 11.6 Å². The molecule has 3 aromatic rings. The van der Waals surface area contributed by atoms with Crippen molar-refractivity contribution in [3.05, 3.63) is 47.0 Å². The van der Waals surface area contributed by atoms with E-state index in [2.05, 4.69) is 45.2 Å². The normalized spacial score (nSPS) is 10.1. The Balaban J connectivity index is 0.00000121. The Morgan fingerprint density at radius 2 is 2.09 bits per heavy atom. The molecule has 0 saturated heterocycles. The number of pyridine rings is 1. The monoisotopic (exact) mass is 356 g/mol. The van der Waals surface area contributed by atoms with E-state index in [-0.39, 0.29) is 24.8 Å².